The highest BCUT2D eigenvalue weighted by atomic mass is 19.4. The molecular formula is C21H27F3N4O2. The van der Waals surface area contributed by atoms with Crippen molar-refractivity contribution in [1.82, 2.24) is 15.1 Å². The molecule has 4 rings (SSSR count). The maximum Gasteiger partial charge on any atom is 0.416 e. The van der Waals surface area contributed by atoms with Gasteiger partial charge in [-0.15, -0.1) is 0 Å². The number of piperazine rings is 1. The lowest BCUT2D eigenvalue weighted by molar-refractivity contribution is -0.137. The predicted molar refractivity (Wildman–Crippen MR) is 106 cm³/mol. The second-order valence-corrected chi connectivity index (χ2v) is 8.72. The maximum absolute atomic E-state index is 13.0. The van der Waals surface area contributed by atoms with Crippen molar-refractivity contribution in [3.05, 3.63) is 29.8 Å². The van der Waals surface area contributed by atoms with Gasteiger partial charge in [-0.2, -0.15) is 13.2 Å². The Kier molecular flexibility index (Phi) is 5.42. The van der Waals surface area contributed by atoms with Crippen LogP contribution in [0.5, 0.6) is 0 Å². The fourth-order valence-electron chi connectivity index (χ4n) is 4.62. The second-order valence-electron chi connectivity index (χ2n) is 8.72. The average molecular weight is 424 g/mol. The molecule has 3 amide bonds. The first-order valence-corrected chi connectivity index (χ1v) is 10.5. The summed E-state index contributed by atoms with van der Waals surface area (Å²) in [5.41, 5.74) is -0.868. The van der Waals surface area contributed by atoms with Crippen molar-refractivity contribution in [1.29, 1.82) is 0 Å². The first kappa shape index (κ1) is 21.0. The number of carbonyl (C=O) groups is 2. The normalized spacial score (nSPS) is 28.3. The zero-order valence-corrected chi connectivity index (χ0v) is 17.0. The van der Waals surface area contributed by atoms with Gasteiger partial charge < -0.3 is 10.2 Å². The summed E-state index contributed by atoms with van der Waals surface area (Å²) in [6, 6.07) is 4.99. The molecule has 0 unspecified atom stereocenters. The van der Waals surface area contributed by atoms with E-state index in [9.17, 15) is 22.8 Å². The molecule has 2 aliphatic heterocycles. The largest absolute Gasteiger partial charge is 0.416 e. The maximum atomic E-state index is 13.0. The molecule has 2 heterocycles. The minimum absolute atomic E-state index is 0.139. The molecule has 3 aliphatic rings. The molecule has 1 saturated carbocycles. The van der Waals surface area contributed by atoms with Crippen molar-refractivity contribution in [2.75, 3.05) is 37.7 Å². The van der Waals surface area contributed by atoms with Crippen LogP contribution >= 0.6 is 0 Å². The molecule has 0 radical (unpaired) electrons. The van der Waals surface area contributed by atoms with Gasteiger partial charge in [0.25, 0.3) is 5.91 Å². The van der Waals surface area contributed by atoms with E-state index in [1.807, 2.05) is 9.80 Å². The van der Waals surface area contributed by atoms with Crippen molar-refractivity contribution in [2.45, 2.75) is 44.3 Å². The number of benzene rings is 1. The summed E-state index contributed by atoms with van der Waals surface area (Å²) in [7, 11) is 0. The molecule has 30 heavy (non-hydrogen) atoms. The lowest BCUT2D eigenvalue weighted by atomic mass is 9.77. The number of hydrogen-bond donors (Lipinski definition) is 1. The first-order chi connectivity index (χ1) is 14.2. The molecule has 0 aromatic heterocycles. The quantitative estimate of drug-likeness (QED) is 0.757. The topological polar surface area (TPSA) is 55.9 Å². The van der Waals surface area contributed by atoms with Crippen LogP contribution in [0, 0.1) is 5.92 Å². The first-order valence-electron chi connectivity index (χ1n) is 10.5. The minimum Gasteiger partial charge on any atom is -0.369 e. The predicted octanol–water partition coefficient (Wildman–Crippen LogP) is 3.29. The van der Waals surface area contributed by atoms with E-state index in [1.165, 1.54) is 17.0 Å². The molecule has 1 aromatic rings. The molecule has 1 N–H and O–H groups in total. The molecular weight excluding hydrogens is 397 g/mol. The number of alkyl halides is 3. The fourth-order valence-corrected chi connectivity index (χ4v) is 4.62. The van der Waals surface area contributed by atoms with Crippen LogP contribution in [-0.2, 0) is 11.0 Å². The molecule has 0 bridgehead atoms. The minimum atomic E-state index is -4.37. The lowest BCUT2D eigenvalue weighted by Gasteiger charge is -2.38. The number of anilines is 1. The lowest BCUT2D eigenvalue weighted by Crippen LogP contribution is -2.52. The Morgan fingerprint density at radius 3 is 2.40 bits per heavy atom. The number of nitrogens with one attached hydrogen (secondary N) is 1. The van der Waals surface area contributed by atoms with Gasteiger partial charge in [0.15, 0.2) is 0 Å². The van der Waals surface area contributed by atoms with E-state index in [0.29, 0.717) is 50.6 Å². The Balaban J connectivity index is 1.35. The molecule has 9 heteroatoms. The monoisotopic (exact) mass is 424 g/mol. The van der Waals surface area contributed by atoms with Crippen LogP contribution in [0.3, 0.4) is 0 Å². The van der Waals surface area contributed by atoms with E-state index in [4.69, 9.17) is 0 Å². The van der Waals surface area contributed by atoms with Crippen molar-refractivity contribution in [3.63, 3.8) is 0 Å². The summed E-state index contributed by atoms with van der Waals surface area (Å²) in [6.07, 6.45) is -1.16. The summed E-state index contributed by atoms with van der Waals surface area (Å²) in [5, 5.41) is 2.93. The highest BCUT2D eigenvalue weighted by molar-refractivity contribution is 6.07. The molecule has 164 valence electrons. The summed E-state index contributed by atoms with van der Waals surface area (Å²) in [4.78, 5) is 30.7. The van der Waals surface area contributed by atoms with Gasteiger partial charge in [0.05, 0.1) is 12.2 Å². The Labute approximate surface area is 174 Å². The van der Waals surface area contributed by atoms with Crippen LogP contribution in [-0.4, -0.2) is 60.1 Å². The summed E-state index contributed by atoms with van der Waals surface area (Å²) < 4.78 is 38.9. The van der Waals surface area contributed by atoms with Crippen molar-refractivity contribution >= 4 is 17.6 Å². The zero-order chi connectivity index (χ0) is 21.5. The SMILES string of the molecule is CC1CCC2(CC1)NC(=O)N(CN1CCN(c3cccc(C(F)(F)F)c3)CC1)C2=O. The van der Waals surface area contributed by atoms with E-state index in [0.717, 1.165) is 18.9 Å². The van der Waals surface area contributed by atoms with Crippen molar-refractivity contribution < 1.29 is 22.8 Å². The zero-order valence-electron chi connectivity index (χ0n) is 17.0. The second kappa shape index (κ2) is 7.76. The Morgan fingerprint density at radius 1 is 1.10 bits per heavy atom. The van der Waals surface area contributed by atoms with E-state index in [2.05, 4.69) is 12.2 Å². The van der Waals surface area contributed by atoms with E-state index < -0.39 is 17.3 Å². The van der Waals surface area contributed by atoms with Crippen molar-refractivity contribution in [3.8, 4) is 0 Å². The Hall–Kier alpha value is -2.29. The van der Waals surface area contributed by atoms with E-state index >= 15 is 0 Å². The van der Waals surface area contributed by atoms with Crippen LogP contribution < -0.4 is 10.2 Å². The van der Waals surface area contributed by atoms with Gasteiger partial charge in [0, 0.05) is 31.9 Å². The van der Waals surface area contributed by atoms with Gasteiger partial charge in [-0.05, 0) is 49.8 Å². The number of rotatable bonds is 3. The molecule has 1 spiro atoms. The van der Waals surface area contributed by atoms with E-state index in [-0.39, 0.29) is 18.6 Å². The molecule has 3 fully saturated rings. The number of urea groups is 1. The number of carbonyl (C=O) groups excluding carboxylic acids is 2. The van der Waals surface area contributed by atoms with Crippen LogP contribution in [0.15, 0.2) is 24.3 Å². The van der Waals surface area contributed by atoms with E-state index in [1.54, 1.807) is 6.07 Å². The number of halogens is 3. The number of hydrogen-bond acceptors (Lipinski definition) is 4. The highest BCUT2D eigenvalue weighted by Gasteiger charge is 2.52. The number of amides is 3. The molecule has 2 saturated heterocycles. The number of nitrogens with zero attached hydrogens (tertiary/aromatic N) is 3. The summed E-state index contributed by atoms with van der Waals surface area (Å²) >= 11 is 0. The van der Waals surface area contributed by atoms with Crippen LogP contribution in [0.25, 0.3) is 0 Å². The third kappa shape index (κ3) is 3.99. The van der Waals surface area contributed by atoms with Gasteiger partial charge in [-0.25, -0.2) is 9.69 Å². The molecule has 1 aliphatic carbocycles. The van der Waals surface area contributed by atoms with Crippen LogP contribution in [0.2, 0.25) is 0 Å². The van der Waals surface area contributed by atoms with Gasteiger partial charge in [-0.1, -0.05) is 13.0 Å². The third-order valence-corrected chi connectivity index (χ3v) is 6.63. The van der Waals surface area contributed by atoms with Gasteiger partial charge in [0.1, 0.15) is 5.54 Å². The number of imide groups is 1. The van der Waals surface area contributed by atoms with Crippen LogP contribution in [0.4, 0.5) is 23.7 Å². The van der Waals surface area contributed by atoms with Gasteiger partial charge in [-0.3, -0.25) is 9.69 Å². The van der Waals surface area contributed by atoms with Gasteiger partial charge in [0.2, 0.25) is 0 Å². The van der Waals surface area contributed by atoms with Crippen molar-refractivity contribution in [2.24, 2.45) is 5.92 Å². The van der Waals surface area contributed by atoms with Crippen LogP contribution in [0.1, 0.15) is 38.2 Å². The standard InChI is InChI=1S/C21H27F3N4O2/c1-15-5-7-20(8-6-15)18(29)28(19(30)25-20)14-26-9-11-27(12-10-26)17-4-2-3-16(13-17)21(22,23)24/h2-4,13,15H,5-12,14H2,1H3,(H,25,30). The average Bonchev–Trinajstić information content (AvgIpc) is 2.94. The molecule has 0 atom stereocenters. The smallest absolute Gasteiger partial charge is 0.369 e. The summed E-state index contributed by atoms with van der Waals surface area (Å²) in [5.74, 6) is 0.429. The van der Waals surface area contributed by atoms with Gasteiger partial charge >= 0.3 is 12.2 Å². The Morgan fingerprint density at radius 2 is 1.77 bits per heavy atom. The molecule has 6 nitrogen and oxygen atoms in total. The Bertz CT molecular complexity index is 813. The third-order valence-electron chi connectivity index (χ3n) is 6.63. The highest BCUT2D eigenvalue weighted by Crippen LogP contribution is 2.36. The molecule has 1 aromatic carbocycles. The fraction of sp³-hybridized carbons (Fsp3) is 0.619. The summed E-state index contributed by atoms with van der Waals surface area (Å²) in [6.45, 7) is 4.59.